The average molecular weight is 724 g/mol. The molecule has 1 fully saturated rings. The number of carboxylic acid groups (broad SMARTS) is 2. The van der Waals surface area contributed by atoms with Crippen LogP contribution in [0.25, 0.3) is 10.9 Å². The second-order valence-electron chi connectivity index (χ2n) is 10.8. The third-order valence-electron chi connectivity index (χ3n) is 7.80. The van der Waals surface area contributed by atoms with Crippen LogP contribution in [-0.2, 0) is 14.8 Å². The van der Waals surface area contributed by atoms with Crippen molar-refractivity contribution in [2.45, 2.75) is 11.8 Å². The van der Waals surface area contributed by atoms with Crippen LogP contribution in [0.5, 0.6) is 0 Å². The largest absolute Gasteiger partial charge is 0.478 e. The van der Waals surface area contributed by atoms with Crippen LogP contribution in [0, 0.1) is 6.92 Å². The van der Waals surface area contributed by atoms with Crippen LogP contribution in [0.15, 0.2) is 96.0 Å². The summed E-state index contributed by atoms with van der Waals surface area (Å²) in [7, 11) is -3.51. The molecule has 49 heavy (non-hydrogen) atoms. The molecule has 1 aromatic heterocycles. The number of aryl methyl sites for hydroxylation is 1. The molecule has 0 atom stereocenters. The van der Waals surface area contributed by atoms with Crippen molar-refractivity contribution in [1.29, 1.82) is 0 Å². The lowest BCUT2D eigenvalue weighted by molar-refractivity contribution is 0.0303. The first-order chi connectivity index (χ1) is 23.3. The maximum absolute atomic E-state index is 13.4. The highest BCUT2D eigenvalue weighted by Gasteiger charge is 2.31. The number of rotatable bonds is 7. The maximum atomic E-state index is 13.4. The van der Waals surface area contributed by atoms with Crippen molar-refractivity contribution in [3.63, 3.8) is 0 Å². The third kappa shape index (κ3) is 7.08. The molecular weight excluding hydrogens is 695 g/mol. The zero-order valence-corrected chi connectivity index (χ0v) is 28.1. The quantitative estimate of drug-likeness (QED) is 0.184. The van der Waals surface area contributed by atoms with E-state index in [9.17, 15) is 37.8 Å². The minimum atomic E-state index is -3.51. The summed E-state index contributed by atoms with van der Waals surface area (Å²) < 4.78 is 31.5. The maximum Gasteiger partial charge on any atom is 0.336 e. The van der Waals surface area contributed by atoms with Crippen molar-refractivity contribution in [3.8, 4) is 0 Å². The van der Waals surface area contributed by atoms with Gasteiger partial charge >= 0.3 is 11.9 Å². The van der Waals surface area contributed by atoms with Crippen molar-refractivity contribution < 1.29 is 42.5 Å². The molecule has 4 aromatic carbocycles. The van der Waals surface area contributed by atoms with Gasteiger partial charge in [0.1, 0.15) is 0 Å². The van der Waals surface area contributed by atoms with Crippen molar-refractivity contribution in [1.82, 2.24) is 8.87 Å². The molecule has 2 heterocycles. The van der Waals surface area contributed by atoms with E-state index in [-0.39, 0.29) is 26.7 Å². The second-order valence-corrected chi connectivity index (χ2v) is 13.4. The fourth-order valence-electron chi connectivity index (χ4n) is 5.36. The Labute approximate surface area is 290 Å². The Bertz CT molecular complexity index is 2210. The van der Waals surface area contributed by atoms with E-state index in [1.165, 1.54) is 34.0 Å². The van der Waals surface area contributed by atoms with Gasteiger partial charge in [-0.15, -0.1) is 0 Å². The monoisotopic (exact) mass is 722 g/mol. The van der Waals surface area contributed by atoms with Crippen LogP contribution >= 0.6 is 23.2 Å². The molecular formula is C35H28Cl2N2O9S. The van der Waals surface area contributed by atoms with Gasteiger partial charge in [-0.05, 0) is 55.0 Å². The van der Waals surface area contributed by atoms with Gasteiger partial charge in [0.05, 0.1) is 61.5 Å². The number of aromatic nitrogens is 1. The van der Waals surface area contributed by atoms with E-state index >= 15 is 0 Å². The number of ether oxygens (including phenoxy) is 1. The van der Waals surface area contributed by atoms with Crippen LogP contribution in [0.3, 0.4) is 0 Å². The minimum absolute atomic E-state index is 0.00211. The van der Waals surface area contributed by atoms with Gasteiger partial charge in [0.15, 0.2) is 5.78 Å². The van der Waals surface area contributed by atoms with Crippen LogP contribution in [0.1, 0.15) is 52.6 Å². The van der Waals surface area contributed by atoms with E-state index in [0.29, 0.717) is 36.7 Å². The number of carbonyl (C=O) groups excluding carboxylic acids is 2. The molecule has 1 aliphatic heterocycles. The molecule has 1 saturated heterocycles. The highest BCUT2D eigenvalue weighted by Crippen LogP contribution is 2.34. The number of hydrogen-bond acceptors (Lipinski definition) is 7. The summed E-state index contributed by atoms with van der Waals surface area (Å²) in [5.74, 6) is -4.40. The number of carbonyl (C=O) groups is 4. The van der Waals surface area contributed by atoms with Gasteiger partial charge in [-0.1, -0.05) is 65.7 Å². The normalized spacial score (nSPS) is 13.0. The predicted octanol–water partition coefficient (Wildman–Crippen LogP) is 6.28. The smallest absolute Gasteiger partial charge is 0.336 e. The number of nitrogens with zero attached hydrogens (tertiary/aromatic N) is 2. The van der Waals surface area contributed by atoms with E-state index in [2.05, 4.69) is 0 Å². The standard InChI is InChI=1S/C21H17Cl2NO7.C14H11NO2S/c1-10-2-3-11(20(27)28)15(14(10)21(29)30)18(25)16-13(22)5-4-12(17(16)23)19(26)24-6-8-31-9-7-24;16-18(17,13-7-2-1-3-8-13)15-11-10-12-6-4-5-9-14(12)15/h2-5H,6-9H2,1H3,(H,27,28)(H,29,30);1-11H. The number of para-hydroxylation sites is 1. The highest BCUT2D eigenvalue weighted by molar-refractivity contribution is 7.90. The van der Waals surface area contributed by atoms with Gasteiger partial charge in [0.2, 0.25) is 0 Å². The molecule has 252 valence electrons. The SMILES string of the molecule is Cc1ccc(C(=O)O)c(C(=O)c2c(Cl)ccc(C(=O)N3CCOCC3)c2Cl)c1C(=O)O.O=S(=O)(c1ccccc1)n1ccc2ccccc21. The lowest BCUT2D eigenvalue weighted by Crippen LogP contribution is -2.40. The van der Waals surface area contributed by atoms with Crippen molar-refractivity contribution in [2.24, 2.45) is 0 Å². The fourth-order valence-corrected chi connectivity index (χ4v) is 7.35. The topological polar surface area (TPSA) is 160 Å². The first kappa shape index (κ1) is 35.3. The Balaban J connectivity index is 0.000000219. The first-order valence-electron chi connectivity index (χ1n) is 14.7. The van der Waals surface area contributed by atoms with Gasteiger partial charge in [0.25, 0.3) is 15.9 Å². The number of amides is 1. The van der Waals surface area contributed by atoms with Crippen molar-refractivity contribution in [2.75, 3.05) is 26.3 Å². The summed E-state index contributed by atoms with van der Waals surface area (Å²) in [6, 6.07) is 22.8. The Morgan fingerprint density at radius 3 is 2.02 bits per heavy atom. The second kappa shape index (κ2) is 14.6. The Kier molecular flexibility index (Phi) is 10.5. The highest BCUT2D eigenvalue weighted by atomic mass is 35.5. The van der Waals surface area contributed by atoms with Gasteiger partial charge in [0, 0.05) is 24.7 Å². The molecule has 11 nitrogen and oxygen atoms in total. The number of benzene rings is 4. The molecule has 0 bridgehead atoms. The zero-order valence-electron chi connectivity index (χ0n) is 25.8. The van der Waals surface area contributed by atoms with Gasteiger partial charge in [-0.2, -0.15) is 0 Å². The molecule has 0 spiro atoms. The first-order valence-corrected chi connectivity index (χ1v) is 16.9. The number of fused-ring (bicyclic) bond motifs is 1. The summed E-state index contributed by atoms with van der Waals surface area (Å²) in [6.45, 7) is 2.83. The Morgan fingerprint density at radius 1 is 0.735 bits per heavy atom. The van der Waals surface area contributed by atoms with Gasteiger partial charge < -0.3 is 19.8 Å². The third-order valence-corrected chi connectivity index (χ3v) is 10.2. The van der Waals surface area contributed by atoms with E-state index in [1.807, 2.05) is 18.2 Å². The number of hydrogen-bond donors (Lipinski definition) is 2. The van der Waals surface area contributed by atoms with E-state index < -0.39 is 50.3 Å². The molecule has 1 amide bonds. The van der Waals surface area contributed by atoms with Crippen molar-refractivity contribution >= 4 is 67.8 Å². The molecule has 6 rings (SSSR count). The molecule has 2 N–H and O–H groups in total. The summed E-state index contributed by atoms with van der Waals surface area (Å²) >= 11 is 12.6. The molecule has 0 radical (unpaired) electrons. The van der Waals surface area contributed by atoms with Crippen LogP contribution in [0.4, 0.5) is 0 Å². The van der Waals surface area contributed by atoms with Crippen LogP contribution < -0.4 is 0 Å². The van der Waals surface area contributed by atoms with Gasteiger partial charge in [-0.3, -0.25) is 9.59 Å². The molecule has 5 aromatic rings. The van der Waals surface area contributed by atoms with E-state index in [1.54, 1.807) is 48.7 Å². The number of ketones is 1. The predicted molar refractivity (Wildman–Crippen MR) is 183 cm³/mol. The molecule has 0 saturated carbocycles. The molecule has 14 heteroatoms. The Hall–Kier alpha value is -5.01. The number of morpholine rings is 1. The summed E-state index contributed by atoms with van der Waals surface area (Å²) in [5.41, 5.74) is -0.988. The summed E-state index contributed by atoms with van der Waals surface area (Å²) in [5, 5.41) is 19.6. The van der Waals surface area contributed by atoms with E-state index in [0.717, 1.165) is 11.5 Å². The van der Waals surface area contributed by atoms with Gasteiger partial charge in [-0.25, -0.2) is 22.0 Å². The number of aromatic carboxylic acids is 2. The number of halogens is 2. The average Bonchev–Trinajstić information content (AvgIpc) is 3.54. The minimum Gasteiger partial charge on any atom is -0.478 e. The summed E-state index contributed by atoms with van der Waals surface area (Å²) in [6.07, 6.45) is 1.59. The Morgan fingerprint density at radius 2 is 1.37 bits per heavy atom. The zero-order chi connectivity index (χ0) is 35.5. The van der Waals surface area contributed by atoms with Crippen LogP contribution in [-0.4, -0.2) is 77.4 Å². The van der Waals surface area contributed by atoms with Crippen LogP contribution in [0.2, 0.25) is 10.0 Å². The fraction of sp³-hybridized carbons (Fsp3) is 0.143. The molecule has 1 aliphatic rings. The molecule has 0 unspecified atom stereocenters. The van der Waals surface area contributed by atoms with Crippen molar-refractivity contribution in [3.05, 3.63) is 135 Å². The lowest BCUT2D eigenvalue weighted by atomic mass is 9.90. The number of carboxylic acids is 2. The summed E-state index contributed by atoms with van der Waals surface area (Å²) in [4.78, 5) is 51.6. The lowest BCUT2D eigenvalue weighted by Gasteiger charge is -2.27. The van der Waals surface area contributed by atoms with E-state index in [4.69, 9.17) is 27.9 Å². The molecule has 0 aliphatic carbocycles.